The Balaban J connectivity index is 1.69. The zero-order chi connectivity index (χ0) is 19.9. The summed E-state index contributed by atoms with van der Waals surface area (Å²) in [4.78, 5) is 23.5. The fourth-order valence-electron chi connectivity index (χ4n) is 2.29. The Labute approximate surface area is 164 Å². The second kappa shape index (κ2) is 8.83. The molecule has 0 aliphatic carbocycles. The Morgan fingerprint density at radius 1 is 1.11 bits per heavy atom. The van der Waals surface area contributed by atoms with Crippen LogP contribution in [-0.4, -0.2) is 25.3 Å². The molecule has 0 amide bonds. The topological polar surface area (TPSA) is 100 Å². The van der Waals surface area contributed by atoms with Gasteiger partial charge in [0.25, 0.3) is 0 Å². The quantitative estimate of drug-likeness (QED) is 0.286. The molecule has 1 heterocycles. The third-order valence-electron chi connectivity index (χ3n) is 3.62. The minimum Gasteiger partial charge on any atom is -0.545 e. The van der Waals surface area contributed by atoms with E-state index < -0.39 is 11.9 Å². The molecule has 0 bridgehead atoms. The predicted molar refractivity (Wildman–Crippen MR) is 104 cm³/mol. The molecule has 0 aliphatic heterocycles. The van der Waals surface area contributed by atoms with Crippen LogP contribution < -0.4 is 20.0 Å². The Hall–Kier alpha value is -3.65. The van der Waals surface area contributed by atoms with Gasteiger partial charge in [-0.05, 0) is 52.9 Å². The molecule has 1 aromatic heterocycles. The number of nitrogens with one attached hydrogen (secondary N) is 1. The number of anilines is 1. The maximum atomic E-state index is 12.1. The first-order chi connectivity index (χ1) is 13.6. The Morgan fingerprint density at radius 2 is 1.96 bits per heavy atom. The maximum Gasteiger partial charge on any atom is 0.353 e. The van der Waals surface area contributed by atoms with E-state index in [4.69, 9.17) is 9.47 Å². The normalized spacial score (nSPS) is 10.6. The molecule has 8 heteroatoms. The van der Waals surface area contributed by atoms with Gasteiger partial charge < -0.3 is 19.4 Å². The van der Waals surface area contributed by atoms with Gasteiger partial charge in [0.1, 0.15) is 4.88 Å². The SMILES string of the molecule is COc1cc(/C=N\Nc2cccc(C(=O)[O-])c2)ccc1OC(=O)c1cccs1. The number of rotatable bonds is 7. The molecule has 142 valence electrons. The number of methoxy groups -OCH3 is 1. The summed E-state index contributed by atoms with van der Waals surface area (Å²) in [7, 11) is 1.47. The number of ether oxygens (including phenoxy) is 2. The molecule has 0 saturated heterocycles. The van der Waals surface area contributed by atoms with Crippen molar-refractivity contribution < 1.29 is 24.2 Å². The van der Waals surface area contributed by atoms with Crippen molar-refractivity contribution in [2.75, 3.05) is 12.5 Å². The average Bonchev–Trinajstić information content (AvgIpc) is 3.24. The summed E-state index contributed by atoms with van der Waals surface area (Å²) < 4.78 is 10.7. The van der Waals surface area contributed by atoms with Gasteiger partial charge in [0.05, 0.1) is 25.0 Å². The monoisotopic (exact) mass is 395 g/mol. The molecule has 0 radical (unpaired) electrons. The molecule has 28 heavy (non-hydrogen) atoms. The van der Waals surface area contributed by atoms with Gasteiger partial charge in [0, 0.05) is 0 Å². The highest BCUT2D eigenvalue weighted by Gasteiger charge is 2.13. The number of nitrogens with zero attached hydrogens (tertiary/aromatic N) is 1. The third-order valence-corrected chi connectivity index (χ3v) is 4.47. The Morgan fingerprint density at radius 3 is 2.68 bits per heavy atom. The lowest BCUT2D eigenvalue weighted by Gasteiger charge is -2.09. The molecular formula is C20H15N2O5S-. The predicted octanol–water partition coefficient (Wildman–Crippen LogP) is 2.79. The first-order valence-corrected chi connectivity index (χ1v) is 8.99. The van der Waals surface area contributed by atoms with Crippen LogP contribution in [0.15, 0.2) is 65.1 Å². The summed E-state index contributed by atoms with van der Waals surface area (Å²) in [5.41, 5.74) is 4.00. The van der Waals surface area contributed by atoms with Gasteiger partial charge in [0.2, 0.25) is 0 Å². The number of benzene rings is 2. The summed E-state index contributed by atoms with van der Waals surface area (Å²) in [6.45, 7) is 0. The second-order valence-corrected chi connectivity index (χ2v) is 6.46. The third kappa shape index (κ3) is 4.74. The molecule has 0 atom stereocenters. The van der Waals surface area contributed by atoms with Crippen LogP contribution in [0.25, 0.3) is 0 Å². The lowest BCUT2D eigenvalue weighted by molar-refractivity contribution is -0.255. The van der Waals surface area contributed by atoms with Gasteiger partial charge in [-0.3, -0.25) is 5.43 Å². The van der Waals surface area contributed by atoms with Crippen LogP contribution in [-0.2, 0) is 0 Å². The van der Waals surface area contributed by atoms with E-state index >= 15 is 0 Å². The molecule has 2 aromatic carbocycles. The number of hydrazone groups is 1. The van der Waals surface area contributed by atoms with Crippen molar-refractivity contribution in [3.05, 3.63) is 76.0 Å². The van der Waals surface area contributed by atoms with Crippen molar-refractivity contribution in [1.29, 1.82) is 0 Å². The number of hydrogen-bond donors (Lipinski definition) is 1. The van der Waals surface area contributed by atoms with Gasteiger partial charge in [-0.15, -0.1) is 11.3 Å². The summed E-state index contributed by atoms with van der Waals surface area (Å²) in [5.74, 6) is -1.03. The molecule has 7 nitrogen and oxygen atoms in total. The smallest absolute Gasteiger partial charge is 0.353 e. The van der Waals surface area contributed by atoms with Crippen LogP contribution >= 0.6 is 11.3 Å². The zero-order valence-corrected chi connectivity index (χ0v) is 15.6. The fraction of sp³-hybridized carbons (Fsp3) is 0.0500. The number of carboxylic acid groups (broad SMARTS) is 1. The lowest BCUT2D eigenvalue weighted by Crippen LogP contribution is -2.22. The van der Waals surface area contributed by atoms with Gasteiger partial charge in [-0.1, -0.05) is 18.2 Å². The summed E-state index contributed by atoms with van der Waals surface area (Å²) in [6, 6.07) is 14.6. The Bertz CT molecular complexity index is 1020. The van der Waals surface area contributed by atoms with Gasteiger partial charge in [0.15, 0.2) is 11.5 Å². The second-order valence-electron chi connectivity index (χ2n) is 5.52. The first kappa shape index (κ1) is 19.1. The number of thiophene rings is 1. The minimum absolute atomic E-state index is 0.0544. The molecule has 0 saturated carbocycles. The van der Waals surface area contributed by atoms with E-state index in [2.05, 4.69) is 10.5 Å². The van der Waals surface area contributed by atoms with E-state index in [1.54, 1.807) is 47.8 Å². The minimum atomic E-state index is -1.26. The van der Waals surface area contributed by atoms with Crippen LogP contribution in [0.1, 0.15) is 25.6 Å². The summed E-state index contributed by atoms with van der Waals surface area (Å²) in [5, 5.41) is 16.7. The van der Waals surface area contributed by atoms with E-state index in [0.29, 0.717) is 27.6 Å². The molecule has 0 spiro atoms. The van der Waals surface area contributed by atoms with E-state index in [9.17, 15) is 14.7 Å². The van der Waals surface area contributed by atoms with Gasteiger partial charge >= 0.3 is 5.97 Å². The standard InChI is InChI=1S/C20H16N2O5S/c1-26-17-10-13(7-8-16(17)27-20(25)18-6-3-9-28-18)12-21-22-15-5-2-4-14(11-15)19(23)24/h2-12,22H,1H3,(H,23,24)/p-1/b21-12-. The number of aromatic carboxylic acids is 1. The number of carboxylic acids is 1. The van der Waals surface area contributed by atoms with Crippen molar-refractivity contribution in [3.63, 3.8) is 0 Å². The molecule has 3 aromatic rings. The molecule has 3 rings (SSSR count). The number of carbonyl (C=O) groups is 2. The average molecular weight is 395 g/mol. The van der Waals surface area contributed by atoms with Gasteiger partial charge in [-0.2, -0.15) is 5.10 Å². The van der Waals surface area contributed by atoms with Gasteiger partial charge in [-0.25, -0.2) is 4.79 Å². The van der Waals surface area contributed by atoms with Crippen molar-refractivity contribution in [3.8, 4) is 11.5 Å². The van der Waals surface area contributed by atoms with Crippen LogP contribution in [0.2, 0.25) is 0 Å². The van der Waals surface area contributed by atoms with E-state index in [0.717, 1.165) is 0 Å². The molecule has 0 unspecified atom stereocenters. The summed E-state index contributed by atoms with van der Waals surface area (Å²) in [6.07, 6.45) is 1.53. The van der Waals surface area contributed by atoms with Crippen LogP contribution in [0, 0.1) is 0 Å². The van der Waals surface area contributed by atoms with E-state index in [1.807, 2.05) is 0 Å². The maximum absolute atomic E-state index is 12.1. The molecule has 0 aliphatic rings. The highest BCUT2D eigenvalue weighted by molar-refractivity contribution is 7.12. The van der Waals surface area contributed by atoms with Crippen molar-refractivity contribution >= 4 is 35.2 Å². The highest BCUT2D eigenvalue weighted by Crippen LogP contribution is 2.29. The highest BCUT2D eigenvalue weighted by atomic mass is 32.1. The van der Waals surface area contributed by atoms with Crippen LogP contribution in [0.5, 0.6) is 11.5 Å². The van der Waals surface area contributed by atoms with Crippen molar-refractivity contribution in [2.24, 2.45) is 5.10 Å². The molecule has 1 N–H and O–H groups in total. The van der Waals surface area contributed by atoms with Crippen LogP contribution in [0.3, 0.4) is 0 Å². The van der Waals surface area contributed by atoms with Crippen molar-refractivity contribution in [2.45, 2.75) is 0 Å². The lowest BCUT2D eigenvalue weighted by atomic mass is 10.2. The summed E-state index contributed by atoms with van der Waals surface area (Å²) >= 11 is 1.29. The van der Waals surface area contributed by atoms with E-state index in [1.165, 1.54) is 36.8 Å². The zero-order valence-electron chi connectivity index (χ0n) is 14.7. The number of hydrogen-bond acceptors (Lipinski definition) is 8. The number of carbonyl (C=O) groups excluding carboxylic acids is 2. The Kier molecular flexibility index (Phi) is 6.03. The first-order valence-electron chi connectivity index (χ1n) is 8.11. The van der Waals surface area contributed by atoms with Crippen molar-refractivity contribution in [1.82, 2.24) is 0 Å². The molecule has 0 fully saturated rings. The van der Waals surface area contributed by atoms with Crippen LogP contribution in [0.4, 0.5) is 5.69 Å². The molecular weight excluding hydrogens is 380 g/mol. The largest absolute Gasteiger partial charge is 0.545 e. The van der Waals surface area contributed by atoms with E-state index in [-0.39, 0.29) is 5.56 Å². The number of esters is 1. The fourth-order valence-corrected chi connectivity index (χ4v) is 2.89.